The van der Waals surface area contributed by atoms with Crippen LogP contribution in [0, 0.1) is 44.9 Å². The van der Waals surface area contributed by atoms with E-state index in [1.807, 2.05) is 38.1 Å². The van der Waals surface area contributed by atoms with Gasteiger partial charge in [-0.25, -0.2) is 9.37 Å². The highest BCUT2D eigenvalue weighted by atomic mass is 35.5. The van der Waals surface area contributed by atoms with E-state index in [0.717, 1.165) is 44.6 Å². The van der Waals surface area contributed by atoms with Crippen LogP contribution in [-0.4, -0.2) is 18.1 Å². The van der Waals surface area contributed by atoms with Crippen LogP contribution in [0.25, 0.3) is 11.3 Å². The Hall–Kier alpha value is -2.55. The lowest BCUT2D eigenvalue weighted by Crippen LogP contribution is -2.26. The van der Waals surface area contributed by atoms with Gasteiger partial charge in [-0.15, -0.1) is 17.8 Å². The predicted octanol–water partition coefficient (Wildman–Crippen LogP) is 7.53. The Balaban J connectivity index is 1.63. The summed E-state index contributed by atoms with van der Waals surface area (Å²) in [5.41, 5.74) is 4.26. The molecule has 0 amide bonds. The Bertz CT molecular complexity index is 1210. The molecule has 1 aliphatic rings. The number of anilines is 1. The zero-order valence-electron chi connectivity index (χ0n) is 19.3. The van der Waals surface area contributed by atoms with Gasteiger partial charge in [0, 0.05) is 16.4 Å². The van der Waals surface area contributed by atoms with Crippen molar-refractivity contribution < 1.29 is 9.13 Å². The molecule has 33 heavy (non-hydrogen) atoms. The number of hydrogen-bond donors (Lipinski definition) is 1. The summed E-state index contributed by atoms with van der Waals surface area (Å²) in [6.45, 7) is 5.78. The quantitative estimate of drug-likeness (QED) is 0.337. The fourth-order valence-corrected chi connectivity index (χ4v) is 5.29. The van der Waals surface area contributed by atoms with Crippen LogP contribution in [0.2, 0.25) is 5.02 Å². The Kier molecular flexibility index (Phi) is 6.97. The summed E-state index contributed by atoms with van der Waals surface area (Å²) < 4.78 is 19.7. The molecule has 3 aromatic rings. The second-order valence-electron chi connectivity index (χ2n) is 8.81. The van der Waals surface area contributed by atoms with Crippen molar-refractivity contribution in [1.82, 2.24) is 4.98 Å². The number of nitrogens with one attached hydrogen (secondary N) is 1. The number of terminal acetylenes is 1. The first kappa shape index (κ1) is 23.6. The lowest BCUT2D eigenvalue weighted by molar-refractivity contribution is 0.412. The van der Waals surface area contributed by atoms with Crippen LogP contribution in [0.15, 0.2) is 30.3 Å². The Labute approximate surface area is 204 Å². The highest BCUT2D eigenvalue weighted by Crippen LogP contribution is 2.42. The van der Waals surface area contributed by atoms with Gasteiger partial charge in [-0.1, -0.05) is 42.5 Å². The minimum atomic E-state index is -0.292. The number of benzene rings is 2. The summed E-state index contributed by atoms with van der Waals surface area (Å²) in [4.78, 5) is 5.88. The van der Waals surface area contributed by atoms with Crippen LogP contribution in [0.4, 0.5) is 9.52 Å². The number of methoxy groups -OCH3 is 1. The maximum Gasteiger partial charge on any atom is 0.184 e. The number of ether oxygens (including phenoxy) is 1. The van der Waals surface area contributed by atoms with Crippen molar-refractivity contribution in [1.29, 1.82) is 0 Å². The van der Waals surface area contributed by atoms with E-state index in [9.17, 15) is 4.39 Å². The van der Waals surface area contributed by atoms with Gasteiger partial charge in [-0.2, -0.15) is 0 Å². The minimum absolute atomic E-state index is 0.0112. The second kappa shape index (κ2) is 9.75. The van der Waals surface area contributed by atoms with Crippen LogP contribution in [0.5, 0.6) is 5.75 Å². The summed E-state index contributed by atoms with van der Waals surface area (Å²) >= 11 is 8.10. The van der Waals surface area contributed by atoms with E-state index >= 15 is 0 Å². The van der Waals surface area contributed by atoms with Gasteiger partial charge < -0.3 is 10.1 Å². The summed E-state index contributed by atoms with van der Waals surface area (Å²) in [7, 11) is 1.63. The zero-order chi connectivity index (χ0) is 23.7. The van der Waals surface area contributed by atoms with Gasteiger partial charge in [-0.3, -0.25) is 0 Å². The number of thiazole rings is 1. The largest absolute Gasteiger partial charge is 0.496 e. The molecule has 3 nitrogen and oxygen atoms in total. The minimum Gasteiger partial charge on any atom is -0.496 e. The molecule has 172 valence electrons. The van der Waals surface area contributed by atoms with Crippen LogP contribution in [0.1, 0.15) is 46.7 Å². The second-order valence-corrected chi connectivity index (χ2v) is 10.4. The standard InChI is InChI=1S/C27H28ClFN2OS/c1-6-24(20(12-18-8-9-18)19-10-7-15(2)23(29)13-19)30-27-31-26(17(4)33-27)21-11-16(3)25(32-5)14-22(21)28/h1,7,10-11,13-14,18,20,24H,8-9,12H2,2-5H3,(H,30,31)/t20-,24?/m0/s1. The van der Waals surface area contributed by atoms with Crippen molar-refractivity contribution in [3.05, 3.63) is 62.7 Å². The molecule has 0 aliphatic heterocycles. The Morgan fingerprint density at radius 3 is 2.64 bits per heavy atom. The third kappa shape index (κ3) is 5.18. The molecule has 1 aliphatic carbocycles. The van der Waals surface area contributed by atoms with Crippen molar-refractivity contribution in [2.24, 2.45) is 5.92 Å². The Morgan fingerprint density at radius 1 is 1.24 bits per heavy atom. The van der Waals surface area contributed by atoms with E-state index in [0.29, 0.717) is 16.5 Å². The molecule has 0 saturated heterocycles. The van der Waals surface area contributed by atoms with Crippen LogP contribution in [0.3, 0.4) is 0 Å². The number of rotatable bonds is 8. The normalized spacial score (nSPS) is 15.1. The average Bonchev–Trinajstić information content (AvgIpc) is 3.54. The van der Waals surface area contributed by atoms with Crippen molar-refractivity contribution in [3.63, 3.8) is 0 Å². The third-order valence-corrected chi connectivity index (χ3v) is 7.52. The van der Waals surface area contributed by atoms with Gasteiger partial charge in [0.2, 0.25) is 0 Å². The number of nitrogens with zero attached hydrogens (tertiary/aromatic N) is 1. The molecule has 6 heteroatoms. The summed E-state index contributed by atoms with van der Waals surface area (Å²) in [6, 6.07) is 8.98. The lowest BCUT2D eigenvalue weighted by atomic mass is 9.86. The fourth-order valence-electron chi connectivity index (χ4n) is 4.18. The van der Waals surface area contributed by atoms with E-state index in [1.54, 1.807) is 31.4 Å². The zero-order valence-corrected chi connectivity index (χ0v) is 20.9. The van der Waals surface area contributed by atoms with Gasteiger partial charge in [0.15, 0.2) is 5.13 Å². The van der Waals surface area contributed by atoms with Crippen molar-refractivity contribution in [2.45, 2.75) is 52.0 Å². The van der Waals surface area contributed by atoms with E-state index in [4.69, 9.17) is 27.7 Å². The first-order valence-corrected chi connectivity index (χ1v) is 12.3. The summed E-state index contributed by atoms with van der Waals surface area (Å²) in [6.07, 6.45) is 9.34. The number of aromatic nitrogens is 1. The van der Waals surface area contributed by atoms with E-state index < -0.39 is 0 Å². The van der Waals surface area contributed by atoms with E-state index in [-0.39, 0.29) is 17.8 Å². The molecule has 1 N–H and O–H groups in total. The molecule has 1 aromatic heterocycles. The Morgan fingerprint density at radius 2 is 2.00 bits per heavy atom. The molecule has 1 fully saturated rings. The summed E-state index contributed by atoms with van der Waals surface area (Å²) in [5.74, 6) is 4.12. The lowest BCUT2D eigenvalue weighted by Gasteiger charge is -2.25. The maximum atomic E-state index is 14.4. The monoisotopic (exact) mass is 482 g/mol. The molecule has 1 heterocycles. The van der Waals surface area contributed by atoms with Crippen LogP contribution >= 0.6 is 22.9 Å². The first-order chi connectivity index (χ1) is 15.8. The number of aryl methyl sites for hydroxylation is 3. The molecule has 1 saturated carbocycles. The van der Waals surface area contributed by atoms with Gasteiger partial charge in [-0.05, 0) is 68.0 Å². The molecule has 0 spiro atoms. The number of hydrogen-bond acceptors (Lipinski definition) is 4. The van der Waals surface area contributed by atoms with Crippen molar-refractivity contribution in [2.75, 3.05) is 12.4 Å². The average molecular weight is 483 g/mol. The topological polar surface area (TPSA) is 34.2 Å². The molecule has 0 bridgehead atoms. The third-order valence-electron chi connectivity index (χ3n) is 6.31. The van der Waals surface area contributed by atoms with Crippen molar-refractivity contribution in [3.8, 4) is 29.4 Å². The van der Waals surface area contributed by atoms with Crippen LogP contribution in [-0.2, 0) is 0 Å². The molecular weight excluding hydrogens is 455 g/mol. The van der Waals surface area contributed by atoms with Gasteiger partial charge in [0.1, 0.15) is 11.6 Å². The maximum absolute atomic E-state index is 14.4. The van der Waals surface area contributed by atoms with Gasteiger partial charge in [0.05, 0.1) is 23.9 Å². The van der Waals surface area contributed by atoms with E-state index in [2.05, 4.69) is 11.2 Å². The van der Waals surface area contributed by atoms with Crippen LogP contribution < -0.4 is 10.1 Å². The van der Waals surface area contributed by atoms with E-state index in [1.165, 1.54) is 12.8 Å². The molecule has 0 radical (unpaired) electrons. The SMILES string of the molecule is C#CC(Nc1nc(-c2cc(C)c(OC)cc2Cl)c(C)s1)[C@@H](CC1CC1)c1ccc(C)c(F)c1. The molecule has 2 aromatic carbocycles. The highest BCUT2D eigenvalue weighted by molar-refractivity contribution is 7.16. The van der Waals surface area contributed by atoms with Gasteiger partial charge in [0.25, 0.3) is 0 Å². The molecular formula is C27H28ClFN2OS. The first-order valence-electron chi connectivity index (χ1n) is 11.1. The molecule has 4 rings (SSSR count). The fraction of sp³-hybridized carbons (Fsp3) is 0.370. The van der Waals surface area contributed by atoms with Crippen molar-refractivity contribution >= 4 is 28.1 Å². The number of halogens is 2. The smallest absolute Gasteiger partial charge is 0.184 e. The summed E-state index contributed by atoms with van der Waals surface area (Å²) in [5, 5.41) is 4.79. The highest BCUT2D eigenvalue weighted by Gasteiger charge is 2.31. The predicted molar refractivity (Wildman–Crippen MR) is 136 cm³/mol. The molecule has 1 unspecified atom stereocenters. The van der Waals surface area contributed by atoms with Gasteiger partial charge >= 0.3 is 0 Å². The molecule has 2 atom stereocenters.